The second-order valence-electron chi connectivity index (χ2n) is 4.34. The highest BCUT2D eigenvalue weighted by atomic mass is 16.4. The molecule has 4 heteroatoms. The molecule has 0 aromatic heterocycles. The molecule has 0 radical (unpaired) electrons. The van der Waals surface area contributed by atoms with Crippen molar-refractivity contribution in [2.24, 2.45) is 11.7 Å². The molecule has 1 atom stereocenters. The Balaban J connectivity index is 0.000000362. The van der Waals surface area contributed by atoms with Gasteiger partial charge in [-0.3, -0.25) is 9.59 Å². The SMILES string of the molecule is CC(C)[C@H](N)C(=O)O.O=C1\C=C/C=C\C=C/C=C\C1. The highest BCUT2D eigenvalue weighted by Crippen LogP contribution is 1.96. The van der Waals surface area contributed by atoms with Crippen molar-refractivity contribution in [3.05, 3.63) is 48.6 Å². The van der Waals surface area contributed by atoms with Crippen LogP contribution in [0.25, 0.3) is 0 Å². The zero-order valence-electron chi connectivity index (χ0n) is 11.3. The van der Waals surface area contributed by atoms with Gasteiger partial charge in [-0.1, -0.05) is 56.4 Å². The third-order valence-electron chi connectivity index (χ3n) is 2.30. The smallest absolute Gasteiger partial charge is 0.320 e. The van der Waals surface area contributed by atoms with E-state index in [0.29, 0.717) is 6.42 Å². The van der Waals surface area contributed by atoms with Crippen LogP contribution < -0.4 is 5.73 Å². The highest BCUT2D eigenvalue weighted by molar-refractivity contribution is 5.90. The van der Waals surface area contributed by atoms with Crippen molar-refractivity contribution in [3.8, 4) is 0 Å². The van der Waals surface area contributed by atoms with Crippen LogP contribution in [0, 0.1) is 5.92 Å². The predicted molar refractivity (Wildman–Crippen MR) is 76.6 cm³/mol. The Morgan fingerprint density at radius 2 is 1.68 bits per heavy atom. The standard InChI is InChI=1S/C10H10O.C5H11NO2/c11-10-8-6-4-2-1-3-5-7-9-10;1-3(2)4(6)5(7)8/h1-8H,9H2;3-4H,6H2,1-2H3,(H,7,8)/b3-1-,4-2-,7-5-,8-6-;/t;4-/m.0/s1. The van der Waals surface area contributed by atoms with E-state index in [0.717, 1.165) is 0 Å². The van der Waals surface area contributed by atoms with Crippen LogP contribution in [0.1, 0.15) is 20.3 Å². The zero-order chi connectivity index (χ0) is 14.7. The second kappa shape index (κ2) is 10.0. The molecule has 4 nitrogen and oxygen atoms in total. The summed E-state index contributed by atoms with van der Waals surface area (Å²) >= 11 is 0. The van der Waals surface area contributed by atoms with Crippen LogP contribution in [0.5, 0.6) is 0 Å². The van der Waals surface area contributed by atoms with Crippen LogP contribution in [-0.2, 0) is 9.59 Å². The van der Waals surface area contributed by atoms with Gasteiger partial charge in [0.2, 0.25) is 0 Å². The number of carbonyl (C=O) groups excluding carboxylic acids is 1. The third kappa shape index (κ3) is 9.73. The van der Waals surface area contributed by atoms with Crippen LogP contribution in [0.2, 0.25) is 0 Å². The Kier molecular flexibility index (Phi) is 9.00. The number of aliphatic carboxylic acids is 1. The lowest BCUT2D eigenvalue weighted by Gasteiger charge is -2.07. The van der Waals surface area contributed by atoms with Gasteiger partial charge in [0, 0.05) is 6.42 Å². The van der Waals surface area contributed by atoms with Crippen molar-refractivity contribution >= 4 is 11.8 Å². The summed E-state index contributed by atoms with van der Waals surface area (Å²) in [6.07, 6.45) is 15.1. The largest absolute Gasteiger partial charge is 0.480 e. The fourth-order valence-electron chi connectivity index (χ4n) is 1.04. The van der Waals surface area contributed by atoms with E-state index in [1.165, 1.54) is 0 Å². The summed E-state index contributed by atoms with van der Waals surface area (Å²) in [5.41, 5.74) is 5.16. The minimum atomic E-state index is -0.931. The molecule has 0 bridgehead atoms. The van der Waals surface area contributed by atoms with Gasteiger partial charge in [0.05, 0.1) is 0 Å². The topological polar surface area (TPSA) is 80.4 Å². The first kappa shape index (κ1) is 17.1. The molecule has 1 rings (SSSR count). The highest BCUT2D eigenvalue weighted by Gasteiger charge is 2.14. The van der Waals surface area contributed by atoms with E-state index in [1.54, 1.807) is 26.0 Å². The summed E-state index contributed by atoms with van der Waals surface area (Å²) in [4.78, 5) is 20.9. The Morgan fingerprint density at radius 1 is 1.16 bits per heavy atom. The maximum absolute atomic E-state index is 10.9. The Bertz CT molecular complexity index is 404. The summed E-state index contributed by atoms with van der Waals surface area (Å²) in [6.45, 7) is 3.55. The summed E-state index contributed by atoms with van der Waals surface area (Å²) in [5, 5.41) is 8.23. The van der Waals surface area contributed by atoms with Crippen LogP contribution in [0.4, 0.5) is 0 Å². The number of allylic oxidation sites excluding steroid dienone is 8. The molecule has 0 aromatic rings. The van der Waals surface area contributed by atoms with Gasteiger partial charge in [-0.05, 0) is 12.0 Å². The molecular weight excluding hydrogens is 242 g/mol. The summed E-state index contributed by atoms with van der Waals surface area (Å²) in [5.74, 6) is -0.770. The fourth-order valence-corrected chi connectivity index (χ4v) is 1.04. The average molecular weight is 263 g/mol. The van der Waals surface area contributed by atoms with E-state index >= 15 is 0 Å². The summed E-state index contributed by atoms with van der Waals surface area (Å²) in [7, 11) is 0. The maximum Gasteiger partial charge on any atom is 0.320 e. The van der Waals surface area contributed by atoms with E-state index in [9.17, 15) is 9.59 Å². The Labute approximate surface area is 114 Å². The monoisotopic (exact) mass is 263 g/mol. The number of hydrogen-bond donors (Lipinski definition) is 2. The first-order valence-corrected chi connectivity index (χ1v) is 6.13. The van der Waals surface area contributed by atoms with Gasteiger partial charge in [-0.15, -0.1) is 0 Å². The van der Waals surface area contributed by atoms with E-state index in [-0.39, 0.29) is 11.7 Å². The first-order chi connectivity index (χ1) is 8.95. The van der Waals surface area contributed by atoms with Gasteiger partial charge in [-0.25, -0.2) is 0 Å². The molecule has 3 N–H and O–H groups in total. The molecule has 1 aliphatic carbocycles. The molecular formula is C15H21NO3. The second-order valence-corrected chi connectivity index (χ2v) is 4.34. The molecule has 19 heavy (non-hydrogen) atoms. The predicted octanol–water partition coefficient (Wildman–Crippen LogP) is 2.24. The number of nitrogens with two attached hydrogens (primary N) is 1. The molecule has 0 heterocycles. The number of carbonyl (C=O) groups is 2. The number of carboxylic acids is 1. The molecule has 0 aliphatic heterocycles. The van der Waals surface area contributed by atoms with Crippen molar-refractivity contribution < 1.29 is 14.7 Å². The normalized spacial score (nSPS) is 22.6. The molecule has 1 aliphatic rings. The number of hydrogen-bond acceptors (Lipinski definition) is 3. The molecule has 104 valence electrons. The van der Waals surface area contributed by atoms with Crippen molar-refractivity contribution in [1.82, 2.24) is 0 Å². The molecule has 0 spiro atoms. The van der Waals surface area contributed by atoms with Crippen LogP contribution in [0.15, 0.2) is 48.6 Å². The molecule has 0 saturated carbocycles. The van der Waals surface area contributed by atoms with Crippen LogP contribution in [0.3, 0.4) is 0 Å². The van der Waals surface area contributed by atoms with Crippen molar-refractivity contribution in [3.63, 3.8) is 0 Å². The van der Waals surface area contributed by atoms with Gasteiger partial charge in [0.25, 0.3) is 0 Å². The van der Waals surface area contributed by atoms with Gasteiger partial charge < -0.3 is 10.8 Å². The quantitative estimate of drug-likeness (QED) is 0.800. The van der Waals surface area contributed by atoms with Gasteiger partial charge in [-0.2, -0.15) is 0 Å². The number of carboxylic acid groups (broad SMARTS) is 1. The summed E-state index contributed by atoms with van der Waals surface area (Å²) in [6, 6.07) is -0.713. The molecule has 0 saturated heterocycles. The Morgan fingerprint density at radius 3 is 2.16 bits per heavy atom. The average Bonchev–Trinajstić information content (AvgIpc) is 2.37. The van der Waals surface area contributed by atoms with Crippen molar-refractivity contribution in [2.45, 2.75) is 26.3 Å². The van der Waals surface area contributed by atoms with E-state index in [1.807, 2.05) is 36.5 Å². The van der Waals surface area contributed by atoms with E-state index in [4.69, 9.17) is 10.8 Å². The molecule has 0 unspecified atom stereocenters. The lowest BCUT2D eigenvalue weighted by atomic mass is 10.1. The molecule has 0 amide bonds. The fraction of sp³-hybridized carbons (Fsp3) is 0.333. The van der Waals surface area contributed by atoms with E-state index in [2.05, 4.69) is 0 Å². The number of rotatable bonds is 2. The third-order valence-corrected chi connectivity index (χ3v) is 2.30. The van der Waals surface area contributed by atoms with Gasteiger partial charge in [0.15, 0.2) is 5.78 Å². The van der Waals surface area contributed by atoms with E-state index < -0.39 is 12.0 Å². The van der Waals surface area contributed by atoms with Gasteiger partial charge >= 0.3 is 5.97 Å². The van der Waals surface area contributed by atoms with Crippen LogP contribution >= 0.6 is 0 Å². The molecule has 0 fully saturated rings. The first-order valence-electron chi connectivity index (χ1n) is 6.13. The zero-order valence-corrected chi connectivity index (χ0v) is 11.3. The van der Waals surface area contributed by atoms with Gasteiger partial charge in [0.1, 0.15) is 6.04 Å². The van der Waals surface area contributed by atoms with Crippen molar-refractivity contribution in [2.75, 3.05) is 0 Å². The minimum Gasteiger partial charge on any atom is -0.480 e. The minimum absolute atomic E-state index is 0.0208. The lowest BCUT2D eigenvalue weighted by molar-refractivity contribution is -0.139. The number of ketones is 1. The van der Waals surface area contributed by atoms with Crippen molar-refractivity contribution in [1.29, 1.82) is 0 Å². The molecule has 0 aromatic carbocycles. The Hall–Kier alpha value is -1.94. The maximum atomic E-state index is 10.9. The summed E-state index contributed by atoms with van der Waals surface area (Å²) < 4.78 is 0. The van der Waals surface area contributed by atoms with Crippen LogP contribution in [-0.4, -0.2) is 22.9 Å². The lowest BCUT2D eigenvalue weighted by Crippen LogP contribution is -2.34.